The number of hydrogen-bond acceptors (Lipinski definition) is 5. The minimum Gasteiger partial charge on any atom is -0.396 e. The maximum absolute atomic E-state index is 12.1. The summed E-state index contributed by atoms with van der Waals surface area (Å²) in [6.07, 6.45) is 3.09. The molecule has 0 amide bonds. The van der Waals surface area contributed by atoms with Crippen molar-refractivity contribution in [3.63, 3.8) is 0 Å². The summed E-state index contributed by atoms with van der Waals surface area (Å²) < 4.78 is 28.1. The van der Waals surface area contributed by atoms with Crippen LogP contribution in [0.5, 0.6) is 0 Å². The lowest BCUT2D eigenvalue weighted by Crippen LogP contribution is -2.28. The fraction of sp³-hybridized carbons (Fsp3) is 0.167. The molecule has 0 saturated carbocycles. The molecule has 8 heteroatoms. The Balaban J connectivity index is 2.06. The molecule has 2 aromatic rings. The third-order valence-electron chi connectivity index (χ3n) is 2.58. The van der Waals surface area contributed by atoms with Gasteiger partial charge in [-0.3, -0.25) is 4.68 Å². The van der Waals surface area contributed by atoms with E-state index in [1.54, 1.807) is 18.3 Å². The largest absolute Gasteiger partial charge is 0.396 e. The topological polar surface area (TPSA) is 114 Å². The highest BCUT2D eigenvalue weighted by Gasteiger charge is 2.17. The lowest BCUT2D eigenvalue weighted by atomic mass is 10.2. The molecule has 0 aliphatic heterocycles. The predicted molar refractivity (Wildman–Crippen MR) is 73.0 cm³/mol. The number of anilines is 1. The van der Waals surface area contributed by atoms with Crippen LogP contribution >= 0.6 is 0 Å². The van der Waals surface area contributed by atoms with E-state index in [1.807, 2.05) is 6.07 Å². The Kier molecular flexibility index (Phi) is 4.02. The van der Waals surface area contributed by atoms with Gasteiger partial charge in [0.2, 0.25) is 10.0 Å². The molecule has 0 bridgehead atoms. The first-order chi connectivity index (χ1) is 9.53. The number of benzene rings is 1. The average Bonchev–Trinajstić information content (AvgIpc) is 2.84. The third kappa shape index (κ3) is 3.14. The molecule has 0 saturated heterocycles. The lowest BCUT2D eigenvalue weighted by molar-refractivity contribution is 0.560. The molecule has 2 rings (SSSR count). The van der Waals surface area contributed by atoms with Gasteiger partial charge in [-0.2, -0.15) is 10.4 Å². The Hall–Kier alpha value is -2.37. The second-order valence-electron chi connectivity index (χ2n) is 4.04. The zero-order valence-electron chi connectivity index (χ0n) is 10.5. The molecule has 0 unspecified atom stereocenters. The summed E-state index contributed by atoms with van der Waals surface area (Å²) in [6.45, 7) is 0.508. The average molecular weight is 291 g/mol. The summed E-state index contributed by atoms with van der Waals surface area (Å²) in [5, 5.41) is 12.9. The van der Waals surface area contributed by atoms with E-state index < -0.39 is 10.0 Å². The summed E-state index contributed by atoms with van der Waals surface area (Å²) in [4.78, 5) is -0.0255. The van der Waals surface area contributed by atoms with E-state index in [4.69, 9.17) is 11.0 Å². The minimum atomic E-state index is -3.71. The molecule has 0 aliphatic carbocycles. The number of sulfonamides is 1. The molecular weight excluding hydrogens is 278 g/mol. The van der Waals surface area contributed by atoms with Crippen molar-refractivity contribution in [3.8, 4) is 6.07 Å². The van der Waals surface area contributed by atoms with Crippen molar-refractivity contribution >= 4 is 15.7 Å². The Labute approximate surface area is 116 Å². The lowest BCUT2D eigenvalue weighted by Gasteiger charge is -2.08. The van der Waals surface area contributed by atoms with E-state index >= 15 is 0 Å². The Morgan fingerprint density at radius 1 is 1.40 bits per heavy atom. The maximum Gasteiger partial charge on any atom is 0.241 e. The third-order valence-corrected chi connectivity index (χ3v) is 4.10. The van der Waals surface area contributed by atoms with Gasteiger partial charge in [-0.05, 0) is 12.1 Å². The van der Waals surface area contributed by atoms with E-state index in [2.05, 4.69) is 9.82 Å². The van der Waals surface area contributed by atoms with E-state index in [-0.39, 0.29) is 17.0 Å². The Morgan fingerprint density at radius 3 is 2.80 bits per heavy atom. The van der Waals surface area contributed by atoms with Gasteiger partial charge in [0.15, 0.2) is 0 Å². The minimum absolute atomic E-state index is 0.0255. The smallest absolute Gasteiger partial charge is 0.241 e. The molecule has 1 aromatic heterocycles. The quantitative estimate of drug-likeness (QED) is 0.823. The highest BCUT2D eigenvalue weighted by Crippen LogP contribution is 2.13. The number of nitrogens with one attached hydrogen (secondary N) is 1. The van der Waals surface area contributed by atoms with Gasteiger partial charge in [0, 0.05) is 12.7 Å². The van der Waals surface area contributed by atoms with E-state index in [9.17, 15) is 8.42 Å². The summed E-state index contributed by atoms with van der Waals surface area (Å²) in [5.74, 6) is 0. The van der Waals surface area contributed by atoms with Crippen LogP contribution < -0.4 is 10.5 Å². The molecular formula is C12H13N5O2S. The number of nitrogens with zero attached hydrogens (tertiary/aromatic N) is 3. The van der Waals surface area contributed by atoms with Crippen LogP contribution in [0, 0.1) is 11.3 Å². The monoisotopic (exact) mass is 291 g/mol. The molecule has 0 radical (unpaired) electrons. The SMILES string of the molecule is N#Cc1ccccc1S(=O)(=O)NCCn1cc(N)cn1. The van der Waals surface area contributed by atoms with Crippen molar-refractivity contribution in [3.05, 3.63) is 42.2 Å². The summed E-state index contributed by atoms with van der Waals surface area (Å²) in [6, 6.07) is 7.90. The van der Waals surface area contributed by atoms with Crippen LogP contribution in [0.1, 0.15) is 5.56 Å². The fourth-order valence-electron chi connectivity index (χ4n) is 1.67. The molecule has 0 fully saturated rings. The molecule has 3 N–H and O–H groups in total. The number of nitrogens with two attached hydrogens (primary N) is 1. The molecule has 0 spiro atoms. The first-order valence-corrected chi connectivity index (χ1v) is 7.28. The molecule has 0 aliphatic rings. The van der Waals surface area contributed by atoms with E-state index in [0.29, 0.717) is 12.2 Å². The van der Waals surface area contributed by atoms with E-state index in [1.165, 1.54) is 23.0 Å². The number of nitriles is 1. The van der Waals surface area contributed by atoms with Crippen LogP contribution in [0.15, 0.2) is 41.6 Å². The van der Waals surface area contributed by atoms with Crippen LogP contribution in [-0.2, 0) is 16.6 Å². The van der Waals surface area contributed by atoms with Crippen LogP contribution in [0.2, 0.25) is 0 Å². The van der Waals surface area contributed by atoms with Crippen molar-refractivity contribution in [1.82, 2.24) is 14.5 Å². The predicted octanol–water partition coefficient (Wildman–Crippen LogP) is 0.315. The Bertz CT molecular complexity index is 745. The Morgan fingerprint density at radius 2 is 2.15 bits per heavy atom. The maximum atomic E-state index is 12.1. The second kappa shape index (κ2) is 5.73. The molecule has 1 aromatic carbocycles. The number of rotatable bonds is 5. The molecule has 20 heavy (non-hydrogen) atoms. The van der Waals surface area contributed by atoms with E-state index in [0.717, 1.165) is 0 Å². The van der Waals surface area contributed by atoms with Crippen molar-refractivity contribution < 1.29 is 8.42 Å². The highest BCUT2D eigenvalue weighted by atomic mass is 32.2. The summed E-state index contributed by atoms with van der Waals surface area (Å²) >= 11 is 0. The van der Waals surface area contributed by atoms with Gasteiger partial charge in [0.05, 0.1) is 28.9 Å². The van der Waals surface area contributed by atoms with Gasteiger partial charge < -0.3 is 5.73 Å². The van der Waals surface area contributed by atoms with Gasteiger partial charge >= 0.3 is 0 Å². The standard InChI is InChI=1S/C12H13N5O2S/c13-7-10-3-1-2-4-12(10)20(18,19)16-5-6-17-9-11(14)8-15-17/h1-4,8-9,16H,5-6,14H2. The van der Waals surface area contributed by atoms with Crippen molar-refractivity contribution in [2.24, 2.45) is 0 Å². The van der Waals surface area contributed by atoms with Gasteiger partial charge in [0.25, 0.3) is 0 Å². The van der Waals surface area contributed by atoms with Crippen LogP contribution in [-0.4, -0.2) is 24.7 Å². The van der Waals surface area contributed by atoms with Crippen LogP contribution in [0.4, 0.5) is 5.69 Å². The van der Waals surface area contributed by atoms with Crippen molar-refractivity contribution in [2.75, 3.05) is 12.3 Å². The van der Waals surface area contributed by atoms with Crippen molar-refractivity contribution in [1.29, 1.82) is 5.26 Å². The molecule has 7 nitrogen and oxygen atoms in total. The zero-order chi connectivity index (χ0) is 14.6. The second-order valence-corrected chi connectivity index (χ2v) is 5.78. The van der Waals surface area contributed by atoms with Crippen LogP contribution in [0.25, 0.3) is 0 Å². The van der Waals surface area contributed by atoms with Crippen LogP contribution in [0.3, 0.4) is 0 Å². The van der Waals surface area contributed by atoms with Gasteiger partial charge in [-0.15, -0.1) is 0 Å². The zero-order valence-corrected chi connectivity index (χ0v) is 11.3. The van der Waals surface area contributed by atoms with Gasteiger partial charge in [-0.25, -0.2) is 13.1 Å². The number of nitrogen functional groups attached to an aromatic ring is 1. The molecule has 0 atom stereocenters. The number of hydrogen-bond donors (Lipinski definition) is 2. The van der Waals surface area contributed by atoms with Crippen molar-refractivity contribution in [2.45, 2.75) is 11.4 Å². The highest BCUT2D eigenvalue weighted by molar-refractivity contribution is 7.89. The van der Waals surface area contributed by atoms with Gasteiger partial charge in [0.1, 0.15) is 6.07 Å². The fourth-order valence-corrected chi connectivity index (χ4v) is 2.84. The first kappa shape index (κ1) is 14.0. The molecule has 1 heterocycles. The first-order valence-electron chi connectivity index (χ1n) is 5.79. The summed E-state index contributed by atoms with van der Waals surface area (Å²) in [5.41, 5.74) is 6.14. The number of aromatic nitrogens is 2. The van der Waals surface area contributed by atoms with Gasteiger partial charge in [-0.1, -0.05) is 12.1 Å². The summed E-state index contributed by atoms with van der Waals surface area (Å²) in [7, 11) is -3.71. The molecule has 104 valence electrons. The normalized spacial score (nSPS) is 11.2.